The van der Waals surface area contributed by atoms with Gasteiger partial charge in [0.25, 0.3) is 0 Å². The summed E-state index contributed by atoms with van der Waals surface area (Å²) in [4.78, 5) is 14.5. The van der Waals surface area contributed by atoms with Crippen LogP contribution in [0, 0.1) is 0 Å². The number of nitrogens with zero attached hydrogens (tertiary/aromatic N) is 1. The summed E-state index contributed by atoms with van der Waals surface area (Å²) >= 11 is 6.79. The summed E-state index contributed by atoms with van der Waals surface area (Å²) < 4.78 is 0.552. The number of halogens is 1. The average molecular weight is 192 g/mol. The van der Waals surface area contributed by atoms with E-state index < -0.39 is 0 Å². The van der Waals surface area contributed by atoms with Crippen LogP contribution in [0.4, 0.5) is 9.93 Å². The molecule has 0 spiro atoms. The first-order valence-electron chi connectivity index (χ1n) is 2.82. The van der Waals surface area contributed by atoms with Crippen molar-refractivity contribution in [1.29, 1.82) is 0 Å². The largest absolute Gasteiger partial charge is 0.341 e. The lowest BCUT2D eigenvalue weighted by Crippen LogP contribution is -2.24. The third kappa shape index (κ3) is 2.36. The number of urea groups is 1. The van der Waals surface area contributed by atoms with Crippen molar-refractivity contribution < 1.29 is 4.79 Å². The maximum absolute atomic E-state index is 10.7. The van der Waals surface area contributed by atoms with Crippen LogP contribution >= 0.6 is 22.9 Å². The van der Waals surface area contributed by atoms with Crippen LogP contribution in [-0.2, 0) is 0 Å². The van der Waals surface area contributed by atoms with Gasteiger partial charge in [0.15, 0.2) is 5.13 Å². The van der Waals surface area contributed by atoms with Crippen LogP contribution in [0.25, 0.3) is 0 Å². The zero-order valence-corrected chi connectivity index (χ0v) is 7.29. The minimum absolute atomic E-state index is 0.295. The predicted molar refractivity (Wildman–Crippen MR) is 45.2 cm³/mol. The lowest BCUT2D eigenvalue weighted by molar-refractivity contribution is 0.254. The van der Waals surface area contributed by atoms with E-state index in [0.29, 0.717) is 9.47 Å². The molecule has 0 atom stereocenters. The zero-order valence-electron chi connectivity index (χ0n) is 5.72. The van der Waals surface area contributed by atoms with Gasteiger partial charge in [0.1, 0.15) is 4.34 Å². The topological polar surface area (TPSA) is 54.0 Å². The number of aromatic nitrogens is 1. The monoisotopic (exact) mass is 191 g/mol. The predicted octanol–water partition coefficient (Wildman–Crippen LogP) is 1.55. The molecule has 0 saturated carbocycles. The highest BCUT2D eigenvalue weighted by atomic mass is 35.5. The third-order valence-corrected chi connectivity index (χ3v) is 1.96. The Morgan fingerprint density at radius 1 is 1.82 bits per heavy atom. The Bertz CT molecular complexity index is 262. The Hall–Kier alpha value is -0.810. The first-order valence-corrected chi connectivity index (χ1v) is 4.02. The number of carbonyl (C=O) groups is 1. The lowest BCUT2D eigenvalue weighted by atomic mass is 10.9. The van der Waals surface area contributed by atoms with Gasteiger partial charge in [0.2, 0.25) is 0 Å². The Labute approximate surface area is 72.6 Å². The van der Waals surface area contributed by atoms with E-state index in [9.17, 15) is 4.79 Å². The fraction of sp³-hybridized carbons (Fsp3) is 0.200. The molecule has 1 aromatic rings. The molecule has 0 aliphatic heterocycles. The third-order valence-electron chi connectivity index (χ3n) is 0.925. The molecule has 0 fully saturated rings. The van der Waals surface area contributed by atoms with E-state index in [4.69, 9.17) is 11.6 Å². The molecule has 0 aliphatic rings. The van der Waals surface area contributed by atoms with Gasteiger partial charge >= 0.3 is 6.03 Å². The van der Waals surface area contributed by atoms with Crippen LogP contribution in [0.5, 0.6) is 0 Å². The Balaban J connectivity index is 2.57. The van der Waals surface area contributed by atoms with Crippen LogP contribution in [-0.4, -0.2) is 18.1 Å². The average Bonchev–Trinajstić information content (AvgIpc) is 2.35. The standard InChI is InChI=1S/C5H6ClN3OS/c1-7-4(10)9-5-8-2-3(6)11-5/h2H,1H3,(H2,7,8,9,10). The summed E-state index contributed by atoms with van der Waals surface area (Å²) in [6.45, 7) is 0. The number of hydrogen-bond acceptors (Lipinski definition) is 3. The van der Waals surface area contributed by atoms with Gasteiger partial charge in [-0.3, -0.25) is 5.32 Å². The summed E-state index contributed by atoms with van der Waals surface area (Å²) in [7, 11) is 1.53. The molecular formula is C5H6ClN3OS. The highest BCUT2D eigenvalue weighted by Gasteiger charge is 2.01. The normalized spacial score (nSPS) is 9.27. The fourth-order valence-electron chi connectivity index (χ4n) is 0.472. The Kier molecular flexibility index (Phi) is 2.67. The van der Waals surface area contributed by atoms with Crippen molar-refractivity contribution in [1.82, 2.24) is 10.3 Å². The van der Waals surface area contributed by atoms with Crippen LogP contribution in [0.15, 0.2) is 6.20 Å². The SMILES string of the molecule is CNC(=O)Nc1ncc(Cl)s1. The van der Waals surface area contributed by atoms with E-state index in [1.165, 1.54) is 24.6 Å². The maximum atomic E-state index is 10.7. The van der Waals surface area contributed by atoms with Crippen LogP contribution < -0.4 is 10.6 Å². The second-order valence-electron chi connectivity index (χ2n) is 1.67. The molecule has 60 valence electrons. The van der Waals surface area contributed by atoms with Gasteiger partial charge in [0, 0.05) is 7.05 Å². The van der Waals surface area contributed by atoms with Crippen molar-refractivity contribution in [3.8, 4) is 0 Å². The number of hydrogen-bond donors (Lipinski definition) is 2. The summed E-state index contributed by atoms with van der Waals surface area (Å²) in [5, 5.41) is 5.38. The molecule has 4 nitrogen and oxygen atoms in total. The summed E-state index contributed by atoms with van der Waals surface area (Å²) in [6.07, 6.45) is 1.48. The van der Waals surface area contributed by atoms with Gasteiger partial charge in [0.05, 0.1) is 6.20 Å². The number of thiazole rings is 1. The minimum Gasteiger partial charge on any atom is -0.341 e. The van der Waals surface area contributed by atoms with Gasteiger partial charge in [-0.15, -0.1) is 0 Å². The maximum Gasteiger partial charge on any atom is 0.320 e. The number of anilines is 1. The molecule has 0 bridgehead atoms. The van der Waals surface area contributed by atoms with Crippen molar-refractivity contribution >= 4 is 34.1 Å². The highest BCUT2D eigenvalue weighted by molar-refractivity contribution is 7.19. The first kappa shape index (κ1) is 8.29. The van der Waals surface area contributed by atoms with E-state index in [-0.39, 0.29) is 6.03 Å². The fourth-order valence-corrected chi connectivity index (χ4v) is 1.28. The molecule has 0 aliphatic carbocycles. The van der Waals surface area contributed by atoms with Crippen molar-refractivity contribution in [2.24, 2.45) is 0 Å². The molecule has 1 heterocycles. The second kappa shape index (κ2) is 3.54. The van der Waals surface area contributed by atoms with Crippen molar-refractivity contribution in [3.63, 3.8) is 0 Å². The molecule has 1 aromatic heterocycles. The van der Waals surface area contributed by atoms with Gasteiger partial charge < -0.3 is 5.32 Å². The van der Waals surface area contributed by atoms with Crippen LogP contribution in [0.3, 0.4) is 0 Å². The van der Waals surface area contributed by atoms with Gasteiger partial charge in [-0.05, 0) is 0 Å². The summed E-state index contributed by atoms with van der Waals surface area (Å²) in [5.41, 5.74) is 0. The molecular weight excluding hydrogens is 186 g/mol. The van der Waals surface area contributed by atoms with E-state index in [0.717, 1.165) is 0 Å². The number of amides is 2. The summed E-state index contributed by atoms with van der Waals surface area (Å²) in [5.74, 6) is 0. The van der Waals surface area contributed by atoms with Crippen molar-refractivity contribution in [3.05, 3.63) is 10.5 Å². The van der Waals surface area contributed by atoms with Gasteiger partial charge in [-0.1, -0.05) is 22.9 Å². The van der Waals surface area contributed by atoms with E-state index >= 15 is 0 Å². The Morgan fingerprint density at radius 3 is 3.00 bits per heavy atom. The quantitative estimate of drug-likeness (QED) is 0.708. The van der Waals surface area contributed by atoms with E-state index in [1.807, 2.05) is 0 Å². The Morgan fingerprint density at radius 2 is 2.55 bits per heavy atom. The minimum atomic E-state index is -0.295. The molecule has 1 rings (SSSR count). The van der Waals surface area contributed by atoms with Gasteiger partial charge in [-0.25, -0.2) is 9.78 Å². The van der Waals surface area contributed by atoms with E-state index in [1.54, 1.807) is 0 Å². The van der Waals surface area contributed by atoms with Crippen LogP contribution in [0.1, 0.15) is 0 Å². The molecule has 2 N–H and O–H groups in total. The second-order valence-corrected chi connectivity index (χ2v) is 3.34. The van der Waals surface area contributed by atoms with Crippen LogP contribution in [0.2, 0.25) is 4.34 Å². The molecule has 11 heavy (non-hydrogen) atoms. The van der Waals surface area contributed by atoms with Crippen molar-refractivity contribution in [2.45, 2.75) is 0 Å². The molecule has 0 aromatic carbocycles. The van der Waals surface area contributed by atoms with E-state index in [2.05, 4.69) is 15.6 Å². The molecule has 0 saturated heterocycles. The molecule has 0 unspecified atom stereocenters. The number of carbonyl (C=O) groups excluding carboxylic acids is 1. The lowest BCUT2D eigenvalue weighted by Gasteiger charge is -1.96. The molecule has 2 amide bonds. The smallest absolute Gasteiger partial charge is 0.320 e. The first-order chi connectivity index (χ1) is 5.22. The summed E-state index contributed by atoms with van der Waals surface area (Å²) in [6, 6.07) is -0.295. The molecule has 0 radical (unpaired) electrons. The van der Waals surface area contributed by atoms with Gasteiger partial charge in [-0.2, -0.15) is 0 Å². The molecule has 6 heteroatoms. The number of rotatable bonds is 1. The zero-order chi connectivity index (χ0) is 8.27. The van der Waals surface area contributed by atoms with Crippen molar-refractivity contribution in [2.75, 3.05) is 12.4 Å². The highest BCUT2D eigenvalue weighted by Crippen LogP contribution is 2.21. The number of nitrogens with one attached hydrogen (secondary N) is 2.